The summed E-state index contributed by atoms with van der Waals surface area (Å²) in [6.45, 7) is 5.95. The van der Waals surface area contributed by atoms with Crippen molar-refractivity contribution in [1.82, 2.24) is 20.8 Å². The molecule has 0 atom stereocenters. The average Bonchev–Trinajstić information content (AvgIpc) is 2.82. The van der Waals surface area contributed by atoms with E-state index in [-0.39, 0.29) is 11.3 Å². The zero-order valence-corrected chi connectivity index (χ0v) is 11.0. The summed E-state index contributed by atoms with van der Waals surface area (Å²) in [4.78, 5) is 16.4. The molecule has 1 aliphatic heterocycles. The zero-order chi connectivity index (χ0) is 13.0. The van der Waals surface area contributed by atoms with Gasteiger partial charge in [0.1, 0.15) is 0 Å². The molecule has 2 rings (SSSR count). The summed E-state index contributed by atoms with van der Waals surface area (Å²) in [6, 6.07) is 0. The fourth-order valence-electron chi connectivity index (χ4n) is 2.40. The molecule has 0 aliphatic carbocycles. The molecule has 18 heavy (non-hydrogen) atoms. The highest BCUT2D eigenvalue weighted by atomic mass is 16.5. The van der Waals surface area contributed by atoms with Crippen LogP contribution in [0.2, 0.25) is 0 Å². The summed E-state index contributed by atoms with van der Waals surface area (Å²) in [5, 5.41) is 9.89. The molecule has 0 spiro atoms. The van der Waals surface area contributed by atoms with Crippen LogP contribution in [0.1, 0.15) is 37.9 Å². The molecule has 100 valence electrons. The number of nitrogens with one attached hydrogen (secondary N) is 2. The standard InChI is InChI=1S/C12H20N4O2/c1-3-12(4-6-13-7-5-12)11(17)14-8-10-15-9(2)16-18-10/h13H,3-8H2,1-2H3,(H,14,17). The van der Waals surface area contributed by atoms with Crippen LogP contribution in [-0.4, -0.2) is 29.1 Å². The maximum absolute atomic E-state index is 12.3. The molecule has 1 fully saturated rings. The number of hydrogen-bond acceptors (Lipinski definition) is 5. The molecule has 1 aromatic heterocycles. The van der Waals surface area contributed by atoms with Crippen LogP contribution in [0.15, 0.2) is 4.52 Å². The summed E-state index contributed by atoms with van der Waals surface area (Å²) in [6.07, 6.45) is 2.64. The molecule has 1 saturated heterocycles. The second-order valence-electron chi connectivity index (χ2n) is 4.80. The van der Waals surface area contributed by atoms with Crippen molar-refractivity contribution >= 4 is 5.91 Å². The van der Waals surface area contributed by atoms with Crippen molar-refractivity contribution in [2.24, 2.45) is 5.41 Å². The maximum Gasteiger partial charge on any atom is 0.246 e. The molecule has 2 heterocycles. The normalized spacial score (nSPS) is 18.6. The minimum absolute atomic E-state index is 0.0994. The van der Waals surface area contributed by atoms with Gasteiger partial charge >= 0.3 is 0 Å². The lowest BCUT2D eigenvalue weighted by molar-refractivity contribution is -0.133. The predicted octanol–water partition coefficient (Wildman–Crippen LogP) is 0.774. The Kier molecular flexibility index (Phi) is 3.96. The molecule has 0 bridgehead atoms. The van der Waals surface area contributed by atoms with Crippen LogP contribution in [0, 0.1) is 12.3 Å². The van der Waals surface area contributed by atoms with Crippen LogP contribution in [0.4, 0.5) is 0 Å². The van der Waals surface area contributed by atoms with Gasteiger partial charge in [-0.2, -0.15) is 4.98 Å². The van der Waals surface area contributed by atoms with E-state index in [0.717, 1.165) is 32.4 Å². The van der Waals surface area contributed by atoms with E-state index in [9.17, 15) is 4.79 Å². The number of carbonyl (C=O) groups excluding carboxylic acids is 1. The third kappa shape index (κ3) is 2.69. The first-order chi connectivity index (χ1) is 8.66. The van der Waals surface area contributed by atoms with Gasteiger partial charge in [0.15, 0.2) is 5.82 Å². The molecule has 6 nitrogen and oxygen atoms in total. The molecule has 1 aliphatic rings. The highest BCUT2D eigenvalue weighted by molar-refractivity contribution is 5.82. The van der Waals surface area contributed by atoms with Crippen molar-refractivity contribution in [2.75, 3.05) is 13.1 Å². The van der Waals surface area contributed by atoms with Crippen molar-refractivity contribution in [3.63, 3.8) is 0 Å². The van der Waals surface area contributed by atoms with Crippen molar-refractivity contribution < 1.29 is 9.32 Å². The molecule has 0 unspecified atom stereocenters. The van der Waals surface area contributed by atoms with Gasteiger partial charge in [-0.05, 0) is 39.3 Å². The summed E-state index contributed by atoms with van der Waals surface area (Å²) in [5.74, 6) is 1.15. The van der Waals surface area contributed by atoms with E-state index in [2.05, 4.69) is 27.7 Å². The fraction of sp³-hybridized carbons (Fsp3) is 0.750. The Labute approximate surface area is 107 Å². The number of nitrogens with zero attached hydrogens (tertiary/aromatic N) is 2. The van der Waals surface area contributed by atoms with E-state index in [1.54, 1.807) is 6.92 Å². The molecular formula is C12H20N4O2. The van der Waals surface area contributed by atoms with Gasteiger partial charge in [-0.3, -0.25) is 4.79 Å². The largest absolute Gasteiger partial charge is 0.347 e. The zero-order valence-electron chi connectivity index (χ0n) is 11.0. The van der Waals surface area contributed by atoms with Gasteiger partial charge in [-0.1, -0.05) is 12.1 Å². The lowest BCUT2D eigenvalue weighted by atomic mass is 9.76. The van der Waals surface area contributed by atoms with Crippen LogP contribution < -0.4 is 10.6 Å². The van der Waals surface area contributed by atoms with E-state index in [0.29, 0.717) is 18.3 Å². The van der Waals surface area contributed by atoms with Gasteiger partial charge in [0, 0.05) is 0 Å². The van der Waals surface area contributed by atoms with Crippen molar-refractivity contribution in [3.05, 3.63) is 11.7 Å². The number of aryl methyl sites for hydroxylation is 1. The Balaban J connectivity index is 1.93. The Morgan fingerprint density at radius 1 is 1.50 bits per heavy atom. The summed E-state index contributed by atoms with van der Waals surface area (Å²) in [5.41, 5.74) is -0.236. The molecule has 1 aromatic rings. The molecule has 0 aromatic carbocycles. The Bertz CT molecular complexity index is 410. The highest BCUT2D eigenvalue weighted by Gasteiger charge is 2.37. The number of hydrogen-bond donors (Lipinski definition) is 2. The third-order valence-electron chi connectivity index (χ3n) is 3.69. The van der Waals surface area contributed by atoms with Crippen LogP contribution >= 0.6 is 0 Å². The summed E-state index contributed by atoms with van der Waals surface area (Å²) < 4.78 is 4.98. The van der Waals surface area contributed by atoms with Crippen LogP contribution in [0.3, 0.4) is 0 Å². The second-order valence-corrected chi connectivity index (χ2v) is 4.80. The Hall–Kier alpha value is -1.43. The van der Waals surface area contributed by atoms with Gasteiger partial charge < -0.3 is 15.2 Å². The number of aromatic nitrogens is 2. The van der Waals surface area contributed by atoms with Crippen molar-refractivity contribution in [1.29, 1.82) is 0 Å². The molecule has 0 saturated carbocycles. The molecule has 2 N–H and O–H groups in total. The van der Waals surface area contributed by atoms with Crippen molar-refractivity contribution in [2.45, 2.75) is 39.7 Å². The smallest absolute Gasteiger partial charge is 0.246 e. The first-order valence-electron chi connectivity index (χ1n) is 6.44. The van der Waals surface area contributed by atoms with Gasteiger partial charge in [-0.25, -0.2) is 0 Å². The molecular weight excluding hydrogens is 232 g/mol. The number of rotatable bonds is 4. The van der Waals surface area contributed by atoms with Gasteiger partial charge in [0.25, 0.3) is 0 Å². The minimum Gasteiger partial charge on any atom is -0.347 e. The summed E-state index contributed by atoms with van der Waals surface area (Å²) in [7, 11) is 0. The second kappa shape index (κ2) is 5.48. The monoisotopic (exact) mass is 252 g/mol. The van der Waals surface area contributed by atoms with Gasteiger partial charge in [-0.15, -0.1) is 0 Å². The van der Waals surface area contributed by atoms with Gasteiger partial charge in [0.2, 0.25) is 11.8 Å². The lowest BCUT2D eigenvalue weighted by Crippen LogP contribution is -2.47. The molecule has 0 radical (unpaired) electrons. The number of piperidine rings is 1. The number of amides is 1. The minimum atomic E-state index is -0.236. The first-order valence-corrected chi connectivity index (χ1v) is 6.44. The van der Waals surface area contributed by atoms with E-state index in [1.165, 1.54) is 0 Å². The van der Waals surface area contributed by atoms with Crippen molar-refractivity contribution in [3.8, 4) is 0 Å². The Morgan fingerprint density at radius 3 is 2.78 bits per heavy atom. The topological polar surface area (TPSA) is 80.1 Å². The lowest BCUT2D eigenvalue weighted by Gasteiger charge is -2.35. The van der Waals surface area contributed by atoms with Gasteiger partial charge in [0.05, 0.1) is 12.0 Å². The third-order valence-corrected chi connectivity index (χ3v) is 3.69. The predicted molar refractivity (Wildman–Crippen MR) is 65.7 cm³/mol. The summed E-state index contributed by atoms with van der Waals surface area (Å²) >= 11 is 0. The highest BCUT2D eigenvalue weighted by Crippen LogP contribution is 2.32. The molecule has 6 heteroatoms. The maximum atomic E-state index is 12.3. The van der Waals surface area contributed by atoms with Crippen LogP contribution in [-0.2, 0) is 11.3 Å². The Morgan fingerprint density at radius 2 is 2.22 bits per heavy atom. The quantitative estimate of drug-likeness (QED) is 0.827. The SMILES string of the molecule is CCC1(C(=O)NCc2nc(C)no2)CCNCC1. The fourth-order valence-corrected chi connectivity index (χ4v) is 2.40. The first kappa shape index (κ1) is 13.0. The van der Waals surface area contributed by atoms with E-state index < -0.39 is 0 Å². The number of carbonyl (C=O) groups is 1. The van der Waals surface area contributed by atoms with Crippen LogP contribution in [0.5, 0.6) is 0 Å². The van der Waals surface area contributed by atoms with E-state index in [1.807, 2.05) is 0 Å². The molecule has 1 amide bonds. The van der Waals surface area contributed by atoms with E-state index >= 15 is 0 Å². The average molecular weight is 252 g/mol. The van der Waals surface area contributed by atoms with Crippen LogP contribution in [0.25, 0.3) is 0 Å². The van der Waals surface area contributed by atoms with E-state index in [4.69, 9.17) is 4.52 Å².